The summed E-state index contributed by atoms with van der Waals surface area (Å²) in [6, 6.07) is 12.6. The Labute approximate surface area is 101 Å². The van der Waals surface area contributed by atoms with Crippen molar-refractivity contribution in [3.8, 4) is 0 Å². The van der Waals surface area contributed by atoms with Gasteiger partial charge in [-0.1, -0.05) is 24.3 Å². The van der Waals surface area contributed by atoms with Gasteiger partial charge in [-0.05, 0) is 48.4 Å². The molecule has 0 spiro atoms. The second-order valence-corrected chi connectivity index (χ2v) is 4.81. The molecule has 1 aromatic carbocycles. The number of benzene rings is 1. The first kappa shape index (κ1) is 10.6. The molecule has 1 aromatic heterocycles. The predicted molar refractivity (Wildman–Crippen MR) is 67.6 cm³/mol. The first-order valence-electron chi connectivity index (χ1n) is 6.20. The topological polar surface area (TPSA) is 39.2 Å². The monoisotopic (exact) mass is 227 g/mol. The third-order valence-electron chi connectivity index (χ3n) is 3.76. The van der Waals surface area contributed by atoms with Crippen LogP contribution in [0, 0.1) is 5.92 Å². The lowest BCUT2D eigenvalue weighted by molar-refractivity contribution is 0.333. The molecule has 2 heteroatoms. The molecule has 0 saturated heterocycles. The molecule has 3 rings (SSSR count). The number of hydrogen-bond donors (Lipinski definition) is 1. The third-order valence-corrected chi connectivity index (χ3v) is 3.76. The lowest BCUT2D eigenvalue weighted by Gasteiger charge is -2.28. The number of aryl methyl sites for hydroxylation is 1. The summed E-state index contributed by atoms with van der Waals surface area (Å²) < 4.78 is 5.41. The maximum absolute atomic E-state index is 6.28. The van der Waals surface area contributed by atoms with E-state index in [1.807, 2.05) is 12.1 Å². The molecule has 1 heterocycles. The van der Waals surface area contributed by atoms with Gasteiger partial charge in [-0.25, -0.2) is 0 Å². The van der Waals surface area contributed by atoms with Gasteiger partial charge >= 0.3 is 0 Å². The van der Waals surface area contributed by atoms with Crippen molar-refractivity contribution in [1.82, 2.24) is 0 Å². The van der Waals surface area contributed by atoms with Crippen LogP contribution in [0.25, 0.3) is 0 Å². The first-order valence-corrected chi connectivity index (χ1v) is 6.20. The Morgan fingerprint density at radius 3 is 2.71 bits per heavy atom. The zero-order valence-electron chi connectivity index (χ0n) is 9.80. The minimum atomic E-state index is 0.0263. The van der Waals surface area contributed by atoms with Crippen LogP contribution in [0.4, 0.5) is 0 Å². The van der Waals surface area contributed by atoms with E-state index in [4.69, 9.17) is 10.2 Å². The van der Waals surface area contributed by atoms with Crippen LogP contribution in [-0.2, 0) is 12.8 Å². The number of rotatable bonds is 2. The van der Waals surface area contributed by atoms with Gasteiger partial charge in [-0.3, -0.25) is 0 Å². The fraction of sp³-hybridized carbons (Fsp3) is 0.333. The minimum Gasteiger partial charge on any atom is -0.468 e. The van der Waals surface area contributed by atoms with Crippen LogP contribution in [0.5, 0.6) is 0 Å². The molecule has 17 heavy (non-hydrogen) atoms. The molecule has 1 aliphatic rings. The smallest absolute Gasteiger partial charge is 0.120 e. The summed E-state index contributed by atoms with van der Waals surface area (Å²) in [4.78, 5) is 0. The van der Waals surface area contributed by atoms with Crippen molar-refractivity contribution in [2.45, 2.75) is 25.3 Å². The second-order valence-electron chi connectivity index (χ2n) is 4.81. The number of furan rings is 1. The van der Waals surface area contributed by atoms with E-state index in [0.717, 1.165) is 25.0 Å². The molecule has 2 atom stereocenters. The summed E-state index contributed by atoms with van der Waals surface area (Å²) >= 11 is 0. The summed E-state index contributed by atoms with van der Waals surface area (Å²) in [5.74, 6) is 1.41. The molecule has 2 N–H and O–H groups in total. The predicted octanol–water partition coefficient (Wildman–Crippen LogP) is 3.08. The zero-order chi connectivity index (χ0) is 11.7. The van der Waals surface area contributed by atoms with Gasteiger partial charge in [0.25, 0.3) is 0 Å². The van der Waals surface area contributed by atoms with Crippen LogP contribution >= 0.6 is 0 Å². The van der Waals surface area contributed by atoms with Crippen LogP contribution in [0.2, 0.25) is 0 Å². The lowest BCUT2D eigenvalue weighted by atomic mass is 9.79. The zero-order valence-corrected chi connectivity index (χ0v) is 9.80. The number of fused-ring (bicyclic) bond motifs is 1. The summed E-state index contributed by atoms with van der Waals surface area (Å²) in [5, 5.41) is 0. The van der Waals surface area contributed by atoms with Crippen molar-refractivity contribution >= 4 is 0 Å². The standard InChI is InChI=1S/C15H17NO/c16-15(14-6-3-9-17-14)13-8-7-11-4-1-2-5-12(11)10-13/h1-6,9,13,15H,7-8,10,16H2. The summed E-state index contributed by atoms with van der Waals surface area (Å²) in [6.45, 7) is 0. The summed E-state index contributed by atoms with van der Waals surface area (Å²) in [6.07, 6.45) is 5.05. The Bertz CT molecular complexity index is 489. The van der Waals surface area contributed by atoms with Crippen molar-refractivity contribution < 1.29 is 4.42 Å². The average molecular weight is 227 g/mol. The minimum absolute atomic E-state index is 0.0263. The number of hydrogen-bond acceptors (Lipinski definition) is 2. The second kappa shape index (κ2) is 4.38. The van der Waals surface area contributed by atoms with Crippen molar-refractivity contribution in [3.63, 3.8) is 0 Å². The third kappa shape index (κ3) is 2.01. The molecule has 2 unspecified atom stereocenters. The van der Waals surface area contributed by atoms with Crippen LogP contribution < -0.4 is 5.73 Å². The maximum Gasteiger partial charge on any atom is 0.120 e. The Hall–Kier alpha value is -1.54. The van der Waals surface area contributed by atoms with Gasteiger partial charge in [0.2, 0.25) is 0 Å². The van der Waals surface area contributed by atoms with E-state index in [2.05, 4.69) is 24.3 Å². The van der Waals surface area contributed by atoms with Crippen molar-refractivity contribution in [3.05, 3.63) is 59.5 Å². The molecule has 88 valence electrons. The molecule has 0 radical (unpaired) electrons. The number of nitrogens with two attached hydrogens (primary N) is 1. The van der Waals surface area contributed by atoms with E-state index >= 15 is 0 Å². The fourth-order valence-corrected chi connectivity index (χ4v) is 2.75. The van der Waals surface area contributed by atoms with Crippen LogP contribution in [-0.4, -0.2) is 0 Å². The van der Waals surface area contributed by atoms with Crippen molar-refractivity contribution in [2.75, 3.05) is 0 Å². The molecular weight excluding hydrogens is 210 g/mol. The fourth-order valence-electron chi connectivity index (χ4n) is 2.75. The molecule has 2 aromatic rings. The van der Waals surface area contributed by atoms with Gasteiger partial charge in [0, 0.05) is 0 Å². The Kier molecular flexibility index (Phi) is 2.73. The highest BCUT2D eigenvalue weighted by Crippen LogP contribution is 2.32. The van der Waals surface area contributed by atoms with Gasteiger partial charge < -0.3 is 10.2 Å². The highest BCUT2D eigenvalue weighted by Gasteiger charge is 2.26. The Morgan fingerprint density at radius 2 is 1.94 bits per heavy atom. The molecule has 1 aliphatic carbocycles. The molecule has 0 bridgehead atoms. The molecule has 2 nitrogen and oxygen atoms in total. The Morgan fingerprint density at radius 1 is 1.12 bits per heavy atom. The van der Waals surface area contributed by atoms with Crippen LogP contribution in [0.3, 0.4) is 0 Å². The van der Waals surface area contributed by atoms with Crippen molar-refractivity contribution in [1.29, 1.82) is 0 Å². The van der Waals surface area contributed by atoms with Gasteiger partial charge in [0.05, 0.1) is 12.3 Å². The van der Waals surface area contributed by atoms with Crippen LogP contribution in [0.1, 0.15) is 29.3 Å². The quantitative estimate of drug-likeness (QED) is 0.856. The SMILES string of the molecule is NC(c1ccco1)C1CCc2ccccc2C1. The largest absolute Gasteiger partial charge is 0.468 e. The molecule has 0 saturated carbocycles. The van der Waals surface area contributed by atoms with E-state index in [-0.39, 0.29) is 6.04 Å². The molecule has 0 fully saturated rings. The Balaban J connectivity index is 1.80. The van der Waals surface area contributed by atoms with Gasteiger partial charge in [0.1, 0.15) is 5.76 Å². The van der Waals surface area contributed by atoms with E-state index in [1.54, 1.807) is 6.26 Å². The van der Waals surface area contributed by atoms with Gasteiger partial charge in [-0.15, -0.1) is 0 Å². The summed E-state index contributed by atoms with van der Waals surface area (Å²) in [7, 11) is 0. The van der Waals surface area contributed by atoms with Crippen LogP contribution in [0.15, 0.2) is 47.1 Å². The van der Waals surface area contributed by atoms with E-state index < -0.39 is 0 Å². The van der Waals surface area contributed by atoms with Gasteiger partial charge in [0.15, 0.2) is 0 Å². The van der Waals surface area contributed by atoms with E-state index in [9.17, 15) is 0 Å². The van der Waals surface area contributed by atoms with E-state index in [1.165, 1.54) is 11.1 Å². The average Bonchev–Trinajstić information content (AvgIpc) is 2.91. The summed E-state index contributed by atoms with van der Waals surface area (Å²) in [5.41, 5.74) is 9.21. The molecule has 0 aliphatic heterocycles. The normalized spacial score (nSPS) is 20.9. The van der Waals surface area contributed by atoms with Gasteiger partial charge in [-0.2, -0.15) is 0 Å². The first-order chi connectivity index (χ1) is 8.34. The maximum atomic E-state index is 6.28. The highest BCUT2D eigenvalue weighted by atomic mass is 16.3. The molecular formula is C15H17NO. The lowest BCUT2D eigenvalue weighted by Crippen LogP contribution is -2.26. The van der Waals surface area contributed by atoms with Crippen molar-refractivity contribution in [2.24, 2.45) is 11.7 Å². The van der Waals surface area contributed by atoms with E-state index in [0.29, 0.717) is 5.92 Å². The highest BCUT2D eigenvalue weighted by molar-refractivity contribution is 5.30. The molecule has 0 amide bonds.